The van der Waals surface area contributed by atoms with Crippen LogP contribution in [0.25, 0.3) is 0 Å². The highest BCUT2D eigenvalue weighted by molar-refractivity contribution is 5.87. The van der Waals surface area contributed by atoms with Crippen LogP contribution in [-0.2, 0) is 16.1 Å². The fourth-order valence-corrected chi connectivity index (χ4v) is 3.09. The SMILES string of the molecule is CCCCNC(=O)[C@H](C)N(Cc1ccc(C)cc1)C(=O)COc1cc(C)ccc1C. The predicted molar refractivity (Wildman–Crippen MR) is 121 cm³/mol. The molecule has 0 aliphatic rings. The molecule has 1 N–H and O–H groups in total. The maximum absolute atomic E-state index is 13.1. The summed E-state index contributed by atoms with van der Waals surface area (Å²) >= 11 is 0. The molecule has 30 heavy (non-hydrogen) atoms. The predicted octanol–water partition coefficient (Wildman–Crippen LogP) is 4.32. The molecule has 0 saturated heterocycles. The van der Waals surface area contributed by atoms with Crippen molar-refractivity contribution in [2.24, 2.45) is 0 Å². The molecule has 0 unspecified atom stereocenters. The molecule has 5 heteroatoms. The first-order chi connectivity index (χ1) is 14.3. The first-order valence-corrected chi connectivity index (χ1v) is 10.6. The van der Waals surface area contributed by atoms with Crippen molar-refractivity contribution in [1.29, 1.82) is 0 Å². The van der Waals surface area contributed by atoms with Crippen molar-refractivity contribution < 1.29 is 14.3 Å². The summed E-state index contributed by atoms with van der Waals surface area (Å²) in [6.07, 6.45) is 1.92. The Morgan fingerprint density at radius 1 is 1.03 bits per heavy atom. The number of ether oxygens (including phenoxy) is 1. The molecule has 0 spiro atoms. The third kappa shape index (κ3) is 6.90. The van der Waals surface area contributed by atoms with Gasteiger partial charge in [0.25, 0.3) is 5.91 Å². The van der Waals surface area contributed by atoms with Gasteiger partial charge in [-0.05, 0) is 56.9 Å². The van der Waals surface area contributed by atoms with Crippen LogP contribution in [0.2, 0.25) is 0 Å². The van der Waals surface area contributed by atoms with Gasteiger partial charge in [0.15, 0.2) is 6.61 Å². The van der Waals surface area contributed by atoms with Gasteiger partial charge in [-0.3, -0.25) is 9.59 Å². The third-order valence-electron chi connectivity index (χ3n) is 5.17. The van der Waals surface area contributed by atoms with Crippen LogP contribution < -0.4 is 10.1 Å². The van der Waals surface area contributed by atoms with Crippen LogP contribution in [0.5, 0.6) is 5.75 Å². The Morgan fingerprint density at radius 3 is 2.37 bits per heavy atom. The summed E-state index contributed by atoms with van der Waals surface area (Å²) in [4.78, 5) is 27.3. The second-order valence-corrected chi connectivity index (χ2v) is 7.89. The number of hydrogen-bond donors (Lipinski definition) is 1. The molecule has 0 aromatic heterocycles. The standard InChI is InChI=1S/C25H34N2O3/c1-6-7-14-26-25(29)21(5)27(16-22-12-9-18(2)10-13-22)24(28)17-30-23-15-19(3)8-11-20(23)4/h8-13,15,21H,6-7,14,16-17H2,1-5H3,(H,26,29)/t21-/m0/s1. The molecule has 0 fully saturated rings. The number of carbonyl (C=O) groups is 2. The Hall–Kier alpha value is -2.82. The van der Waals surface area contributed by atoms with E-state index in [1.807, 2.05) is 63.2 Å². The molecule has 2 aromatic carbocycles. The minimum absolute atomic E-state index is 0.108. The van der Waals surface area contributed by atoms with Gasteiger partial charge in [-0.1, -0.05) is 55.3 Å². The van der Waals surface area contributed by atoms with E-state index in [0.29, 0.717) is 18.8 Å². The van der Waals surface area contributed by atoms with Crippen LogP contribution in [0, 0.1) is 20.8 Å². The Kier molecular flexibility index (Phi) is 8.90. The first-order valence-electron chi connectivity index (χ1n) is 10.6. The van der Waals surface area contributed by atoms with E-state index >= 15 is 0 Å². The Bertz CT molecular complexity index is 846. The minimum Gasteiger partial charge on any atom is -0.483 e. The van der Waals surface area contributed by atoms with Crippen LogP contribution in [0.15, 0.2) is 42.5 Å². The number of nitrogens with one attached hydrogen (secondary N) is 1. The fraction of sp³-hybridized carbons (Fsp3) is 0.440. The Morgan fingerprint density at radius 2 is 1.70 bits per heavy atom. The molecule has 2 amide bonds. The maximum atomic E-state index is 13.1. The molecule has 0 saturated carbocycles. The topological polar surface area (TPSA) is 58.6 Å². The summed E-state index contributed by atoms with van der Waals surface area (Å²) in [5.41, 5.74) is 4.18. The number of nitrogens with zero attached hydrogens (tertiary/aromatic N) is 1. The van der Waals surface area contributed by atoms with Crippen molar-refractivity contribution >= 4 is 11.8 Å². The summed E-state index contributed by atoms with van der Waals surface area (Å²) in [5, 5.41) is 2.93. The van der Waals surface area contributed by atoms with Crippen LogP contribution in [0.4, 0.5) is 0 Å². The molecular weight excluding hydrogens is 376 g/mol. The smallest absolute Gasteiger partial charge is 0.261 e. The highest BCUT2D eigenvalue weighted by Crippen LogP contribution is 2.19. The van der Waals surface area contributed by atoms with Gasteiger partial charge in [0, 0.05) is 13.1 Å². The second kappa shape index (κ2) is 11.4. The van der Waals surface area contributed by atoms with E-state index in [-0.39, 0.29) is 18.4 Å². The number of amides is 2. The highest BCUT2D eigenvalue weighted by Gasteiger charge is 2.26. The maximum Gasteiger partial charge on any atom is 0.261 e. The lowest BCUT2D eigenvalue weighted by Crippen LogP contribution is -2.49. The van der Waals surface area contributed by atoms with Gasteiger partial charge in [0.1, 0.15) is 11.8 Å². The molecule has 0 aliphatic carbocycles. The number of aryl methyl sites for hydroxylation is 3. The second-order valence-electron chi connectivity index (χ2n) is 7.89. The molecule has 162 valence electrons. The van der Waals surface area contributed by atoms with Crippen LogP contribution in [-0.4, -0.2) is 35.9 Å². The number of benzene rings is 2. The van der Waals surface area contributed by atoms with Gasteiger partial charge < -0.3 is 15.0 Å². The number of rotatable bonds is 10. The van der Waals surface area contributed by atoms with Gasteiger partial charge in [-0.2, -0.15) is 0 Å². The van der Waals surface area contributed by atoms with Crippen LogP contribution in [0.3, 0.4) is 0 Å². The zero-order valence-electron chi connectivity index (χ0n) is 18.8. The van der Waals surface area contributed by atoms with E-state index in [1.165, 1.54) is 0 Å². The summed E-state index contributed by atoms with van der Waals surface area (Å²) in [7, 11) is 0. The number of unbranched alkanes of at least 4 members (excludes halogenated alkanes) is 1. The summed E-state index contributed by atoms with van der Waals surface area (Å²) in [6, 6.07) is 13.3. The van der Waals surface area contributed by atoms with Crippen LogP contribution >= 0.6 is 0 Å². The van der Waals surface area contributed by atoms with E-state index in [9.17, 15) is 9.59 Å². The van der Waals surface area contributed by atoms with Crippen molar-refractivity contribution in [3.8, 4) is 5.75 Å². The molecule has 0 bridgehead atoms. The zero-order chi connectivity index (χ0) is 22.1. The summed E-state index contributed by atoms with van der Waals surface area (Å²) < 4.78 is 5.82. The largest absolute Gasteiger partial charge is 0.483 e. The van der Waals surface area contributed by atoms with Gasteiger partial charge in [0.2, 0.25) is 5.91 Å². The molecule has 5 nitrogen and oxygen atoms in total. The van der Waals surface area contributed by atoms with Gasteiger partial charge in [-0.15, -0.1) is 0 Å². The van der Waals surface area contributed by atoms with Gasteiger partial charge >= 0.3 is 0 Å². The molecule has 2 aromatic rings. The molecule has 2 rings (SSSR count). The van der Waals surface area contributed by atoms with Crippen molar-refractivity contribution in [3.63, 3.8) is 0 Å². The molecule has 0 heterocycles. The Labute approximate surface area is 180 Å². The van der Waals surface area contributed by atoms with Gasteiger partial charge in [-0.25, -0.2) is 0 Å². The van der Waals surface area contributed by atoms with E-state index in [2.05, 4.69) is 12.2 Å². The van der Waals surface area contributed by atoms with Crippen molar-refractivity contribution in [2.75, 3.05) is 13.2 Å². The average Bonchev–Trinajstić information content (AvgIpc) is 2.73. The summed E-state index contributed by atoms with van der Waals surface area (Å²) in [5.74, 6) is 0.337. The lowest BCUT2D eigenvalue weighted by molar-refractivity contribution is -0.142. The van der Waals surface area contributed by atoms with E-state index < -0.39 is 6.04 Å². The lowest BCUT2D eigenvalue weighted by Gasteiger charge is -2.29. The lowest BCUT2D eigenvalue weighted by atomic mass is 10.1. The van der Waals surface area contributed by atoms with Gasteiger partial charge in [0.05, 0.1) is 0 Å². The van der Waals surface area contributed by atoms with Crippen molar-refractivity contribution in [1.82, 2.24) is 10.2 Å². The summed E-state index contributed by atoms with van der Waals surface area (Å²) in [6.45, 7) is 10.7. The van der Waals surface area contributed by atoms with Crippen molar-refractivity contribution in [2.45, 2.75) is 60.0 Å². The fourth-order valence-electron chi connectivity index (χ4n) is 3.09. The average molecular weight is 411 g/mol. The number of carbonyl (C=O) groups excluding carboxylic acids is 2. The normalized spacial score (nSPS) is 11.6. The number of hydrogen-bond acceptors (Lipinski definition) is 3. The third-order valence-corrected chi connectivity index (χ3v) is 5.17. The molecule has 0 aliphatic heterocycles. The van der Waals surface area contributed by atoms with Crippen molar-refractivity contribution in [3.05, 3.63) is 64.7 Å². The highest BCUT2D eigenvalue weighted by atomic mass is 16.5. The van der Waals surface area contributed by atoms with E-state index in [0.717, 1.165) is 35.1 Å². The minimum atomic E-state index is -0.585. The molecule has 1 atom stereocenters. The van der Waals surface area contributed by atoms with E-state index in [1.54, 1.807) is 11.8 Å². The zero-order valence-corrected chi connectivity index (χ0v) is 18.8. The monoisotopic (exact) mass is 410 g/mol. The quantitative estimate of drug-likeness (QED) is 0.593. The van der Waals surface area contributed by atoms with Crippen LogP contribution in [0.1, 0.15) is 48.9 Å². The molecule has 0 radical (unpaired) electrons. The first kappa shape index (κ1) is 23.5. The van der Waals surface area contributed by atoms with E-state index in [4.69, 9.17) is 4.74 Å². The Balaban J connectivity index is 2.13. The molecular formula is C25H34N2O3.